The molecule has 114 valence electrons. The molecule has 0 saturated carbocycles. The van der Waals surface area contributed by atoms with E-state index >= 15 is 0 Å². The van der Waals surface area contributed by atoms with Crippen LogP contribution in [0.15, 0.2) is 18.2 Å². The lowest BCUT2D eigenvalue weighted by Gasteiger charge is -2.25. The maximum atomic E-state index is 5.91. The van der Waals surface area contributed by atoms with Crippen molar-refractivity contribution in [1.29, 1.82) is 0 Å². The third kappa shape index (κ3) is 5.54. The van der Waals surface area contributed by atoms with E-state index in [1.54, 1.807) is 0 Å². The highest BCUT2D eigenvalue weighted by molar-refractivity contribution is 5.51. The number of nitrogens with two attached hydrogens (primary N) is 1. The summed E-state index contributed by atoms with van der Waals surface area (Å²) in [7, 11) is 0. The highest BCUT2D eigenvalue weighted by atomic mass is 15.1. The van der Waals surface area contributed by atoms with Crippen LogP contribution >= 0.6 is 0 Å². The van der Waals surface area contributed by atoms with Gasteiger partial charge in [-0.05, 0) is 56.4 Å². The van der Waals surface area contributed by atoms with Crippen molar-refractivity contribution in [2.24, 2.45) is 5.73 Å². The third-order valence-electron chi connectivity index (χ3n) is 3.80. The van der Waals surface area contributed by atoms with Gasteiger partial charge >= 0.3 is 0 Å². The van der Waals surface area contributed by atoms with Crippen LogP contribution in [-0.2, 0) is 6.42 Å². The Morgan fingerprint density at radius 3 is 2.15 bits per heavy atom. The average Bonchev–Trinajstić information content (AvgIpc) is 2.41. The average molecular weight is 276 g/mol. The van der Waals surface area contributed by atoms with Gasteiger partial charge in [0.2, 0.25) is 0 Å². The molecule has 0 saturated heterocycles. The number of benzene rings is 1. The minimum absolute atomic E-state index is 0.232. The predicted octanol–water partition coefficient (Wildman–Crippen LogP) is 4.29. The summed E-state index contributed by atoms with van der Waals surface area (Å²) in [5, 5.41) is 0. The summed E-state index contributed by atoms with van der Waals surface area (Å²) in [6.07, 6.45) is 6.01. The second-order valence-electron chi connectivity index (χ2n) is 5.99. The van der Waals surface area contributed by atoms with Crippen LogP contribution in [0.1, 0.15) is 57.6 Å². The van der Waals surface area contributed by atoms with Gasteiger partial charge in [0.15, 0.2) is 0 Å². The molecule has 1 rings (SSSR count). The minimum atomic E-state index is 0.232. The van der Waals surface area contributed by atoms with Gasteiger partial charge in [0, 0.05) is 24.8 Å². The molecule has 0 fully saturated rings. The van der Waals surface area contributed by atoms with Gasteiger partial charge in [0.05, 0.1) is 0 Å². The zero-order chi connectivity index (χ0) is 15.0. The van der Waals surface area contributed by atoms with Gasteiger partial charge in [-0.25, -0.2) is 0 Å². The fourth-order valence-corrected chi connectivity index (χ4v) is 2.52. The van der Waals surface area contributed by atoms with Gasteiger partial charge in [-0.2, -0.15) is 0 Å². The van der Waals surface area contributed by atoms with Crippen LogP contribution in [0.4, 0.5) is 5.69 Å². The molecule has 2 N–H and O–H groups in total. The van der Waals surface area contributed by atoms with Gasteiger partial charge < -0.3 is 10.6 Å². The molecular formula is C18H32N2. The molecule has 2 heteroatoms. The van der Waals surface area contributed by atoms with E-state index in [1.807, 2.05) is 0 Å². The second kappa shape index (κ2) is 9.02. The van der Waals surface area contributed by atoms with Crippen LogP contribution in [0.3, 0.4) is 0 Å². The molecule has 0 aliphatic heterocycles. The molecule has 0 heterocycles. The van der Waals surface area contributed by atoms with Crippen LogP contribution in [0.5, 0.6) is 0 Å². The lowest BCUT2D eigenvalue weighted by Crippen LogP contribution is -2.26. The van der Waals surface area contributed by atoms with E-state index in [1.165, 1.54) is 55.6 Å². The largest absolute Gasteiger partial charge is 0.372 e. The van der Waals surface area contributed by atoms with Crippen molar-refractivity contribution in [3.05, 3.63) is 29.3 Å². The highest BCUT2D eigenvalue weighted by Crippen LogP contribution is 2.21. The number of hydrogen-bond donors (Lipinski definition) is 1. The quantitative estimate of drug-likeness (QED) is 0.729. The van der Waals surface area contributed by atoms with Crippen LogP contribution in [0.2, 0.25) is 0 Å². The third-order valence-corrected chi connectivity index (χ3v) is 3.80. The molecule has 2 nitrogen and oxygen atoms in total. The molecule has 0 aliphatic rings. The highest BCUT2D eigenvalue weighted by Gasteiger charge is 2.08. The Balaban J connectivity index is 2.81. The van der Waals surface area contributed by atoms with E-state index in [-0.39, 0.29) is 6.04 Å². The molecule has 0 bridgehead atoms. The summed E-state index contributed by atoms with van der Waals surface area (Å²) in [5.41, 5.74) is 10.0. The van der Waals surface area contributed by atoms with Crippen LogP contribution in [0, 0.1) is 6.92 Å². The Hall–Kier alpha value is -1.02. The van der Waals surface area contributed by atoms with E-state index in [4.69, 9.17) is 5.73 Å². The summed E-state index contributed by atoms with van der Waals surface area (Å²) in [5.74, 6) is 0. The van der Waals surface area contributed by atoms with Crippen molar-refractivity contribution < 1.29 is 0 Å². The summed E-state index contributed by atoms with van der Waals surface area (Å²) < 4.78 is 0. The summed E-state index contributed by atoms with van der Waals surface area (Å²) in [6, 6.07) is 7.11. The van der Waals surface area contributed by atoms with Crippen LogP contribution in [0.25, 0.3) is 0 Å². The normalized spacial score (nSPS) is 12.4. The van der Waals surface area contributed by atoms with Crippen LogP contribution < -0.4 is 10.6 Å². The Morgan fingerprint density at radius 2 is 1.70 bits per heavy atom. The summed E-state index contributed by atoms with van der Waals surface area (Å²) in [4.78, 5) is 2.54. The first kappa shape index (κ1) is 17.0. The molecule has 1 unspecified atom stereocenters. The fourth-order valence-electron chi connectivity index (χ4n) is 2.52. The van der Waals surface area contributed by atoms with E-state index < -0.39 is 0 Å². The molecule has 20 heavy (non-hydrogen) atoms. The minimum Gasteiger partial charge on any atom is -0.372 e. The SMILES string of the molecule is CCCCN(CCCC)c1ccc(CC(C)N)c(C)c1. The first-order chi connectivity index (χ1) is 9.58. The number of anilines is 1. The Bertz CT molecular complexity index is 377. The van der Waals surface area contributed by atoms with E-state index in [0.717, 1.165) is 6.42 Å². The molecule has 0 amide bonds. The number of hydrogen-bond acceptors (Lipinski definition) is 2. The molecular weight excluding hydrogens is 244 g/mol. The van der Waals surface area contributed by atoms with Crippen LogP contribution in [-0.4, -0.2) is 19.1 Å². The van der Waals surface area contributed by atoms with E-state index in [9.17, 15) is 0 Å². The molecule has 0 aliphatic carbocycles. The molecule has 0 aromatic heterocycles. The molecule has 0 spiro atoms. The van der Waals surface area contributed by atoms with Gasteiger partial charge in [-0.1, -0.05) is 32.8 Å². The first-order valence-corrected chi connectivity index (χ1v) is 8.18. The Kier molecular flexibility index (Phi) is 7.68. The lowest BCUT2D eigenvalue weighted by molar-refractivity contribution is 0.677. The van der Waals surface area contributed by atoms with E-state index in [2.05, 4.69) is 50.8 Å². The Labute approximate surface area is 125 Å². The second-order valence-corrected chi connectivity index (χ2v) is 5.99. The van der Waals surface area contributed by atoms with E-state index in [0.29, 0.717) is 0 Å². The number of aryl methyl sites for hydroxylation is 1. The summed E-state index contributed by atoms with van der Waals surface area (Å²) >= 11 is 0. The van der Waals surface area contributed by atoms with Gasteiger partial charge in [-0.15, -0.1) is 0 Å². The van der Waals surface area contributed by atoms with Gasteiger partial charge in [-0.3, -0.25) is 0 Å². The van der Waals surface area contributed by atoms with Gasteiger partial charge in [0.25, 0.3) is 0 Å². The molecule has 1 aromatic rings. The number of unbranched alkanes of at least 4 members (excludes halogenated alkanes) is 2. The van der Waals surface area contributed by atoms with Gasteiger partial charge in [0.1, 0.15) is 0 Å². The lowest BCUT2D eigenvalue weighted by atomic mass is 10.0. The molecule has 1 atom stereocenters. The van der Waals surface area contributed by atoms with Crippen molar-refractivity contribution in [3.8, 4) is 0 Å². The summed E-state index contributed by atoms with van der Waals surface area (Å²) in [6.45, 7) is 11.1. The first-order valence-electron chi connectivity index (χ1n) is 8.18. The maximum absolute atomic E-state index is 5.91. The number of rotatable bonds is 9. The monoisotopic (exact) mass is 276 g/mol. The van der Waals surface area contributed by atoms with Crippen molar-refractivity contribution in [1.82, 2.24) is 0 Å². The van der Waals surface area contributed by atoms with Crippen molar-refractivity contribution in [2.45, 2.75) is 65.8 Å². The fraction of sp³-hybridized carbons (Fsp3) is 0.667. The standard InChI is InChI=1S/C18H32N2/c1-5-7-11-20(12-8-6-2)18-10-9-17(14-16(4)19)15(3)13-18/h9-10,13,16H,5-8,11-12,14,19H2,1-4H3. The topological polar surface area (TPSA) is 29.3 Å². The Morgan fingerprint density at radius 1 is 1.10 bits per heavy atom. The maximum Gasteiger partial charge on any atom is 0.0369 e. The smallest absolute Gasteiger partial charge is 0.0369 e. The van der Waals surface area contributed by atoms with Crippen molar-refractivity contribution in [3.63, 3.8) is 0 Å². The zero-order valence-corrected chi connectivity index (χ0v) is 13.8. The molecule has 1 aromatic carbocycles. The zero-order valence-electron chi connectivity index (χ0n) is 13.8. The molecule has 0 radical (unpaired) electrons. The van der Waals surface area contributed by atoms with Crippen molar-refractivity contribution >= 4 is 5.69 Å². The van der Waals surface area contributed by atoms with Crippen molar-refractivity contribution in [2.75, 3.05) is 18.0 Å². The predicted molar refractivity (Wildman–Crippen MR) is 90.6 cm³/mol. The number of nitrogens with zero attached hydrogens (tertiary/aromatic N) is 1.